The van der Waals surface area contributed by atoms with Gasteiger partial charge in [-0.05, 0) is 52.2 Å². The highest BCUT2D eigenvalue weighted by Gasteiger charge is 2.14. The summed E-state index contributed by atoms with van der Waals surface area (Å²) in [6.45, 7) is 3.33. The number of rotatable bonds is 6. The molecular weight excluding hydrogens is 324 g/mol. The summed E-state index contributed by atoms with van der Waals surface area (Å²) < 4.78 is 1.00. The second-order valence-electron chi connectivity index (χ2n) is 6.11. The van der Waals surface area contributed by atoms with Crippen molar-refractivity contribution in [1.82, 2.24) is 14.9 Å². The van der Waals surface area contributed by atoms with E-state index >= 15 is 0 Å². The average molecular weight is 344 g/mol. The summed E-state index contributed by atoms with van der Waals surface area (Å²) in [5.74, 6) is 0. The van der Waals surface area contributed by atoms with Crippen LogP contribution in [0.15, 0.2) is 23.0 Å². The van der Waals surface area contributed by atoms with Gasteiger partial charge in [-0.1, -0.05) is 11.3 Å². The first kappa shape index (κ1) is 16.6. The molecule has 1 N–H and O–H groups in total. The number of nitrogens with one attached hydrogen (secondary N) is 1. The van der Waals surface area contributed by atoms with Crippen molar-refractivity contribution in [2.24, 2.45) is 0 Å². The van der Waals surface area contributed by atoms with Crippen molar-refractivity contribution in [2.45, 2.75) is 13.3 Å². The third kappa shape index (κ3) is 3.18. The molecule has 1 amide bonds. The summed E-state index contributed by atoms with van der Waals surface area (Å²) in [5.41, 5.74) is 2.16. The minimum Gasteiger partial charge on any atom is -0.322 e. The van der Waals surface area contributed by atoms with Gasteiger partial charge in [0.15, 0.2) is 5.13 Å². The monoisotopic (exact) mass is 344 g/mol. The van der Waals surface area contributed by atoms with Gasteiger partial charge in [0.05, 0.1) is 15.7 Å². The molecule has 0 bridgehead atoms. The van der Waals surface area contributed by atoms with E-state index in [0.717, 1.165) is 40.5 Å². The summed E-state index contributed by atoms with van der Waals surface area (Å²) in [6.07, 6.45) is 1.72. The Morgan fingerprint density at radius 3 is 2.79 bits per heavy atom. The largest absolute Gasteiger partial charge is 0.322 e. The molecule has 0 aliphatic rings. The smallest absolute Gasteiger partial charge is 0.251 e. The molecule has 7 heteroatoms. The van der Waals surface area contributed by atoms with Gasteiger partial charge in [-0.15, -0.1) is 0 Å². The number of anilines is 1. The zero-order valence-corrected chi connectivity index (χ0v) is 14.8. The van der Waals surface area contributed by atoms with E-state index in [4.69, 9.17) is 0 Å². The van der Waals surface area contributed by atoms with E-state index in [-0.39, 0.29) is 5.56 Å². The average Bonchev–Trinajstić information content (AvgIpc) is 2.97. The molecule has 24 heavy (non-hydrogen) atoms. The van der Waals surface area contributed by atoms with Gasteiger partial charge in [0, 0.05) is 17.5 Å². The first-order valence-electron chi connectivity index (χ1n) is 7.79. The fourth-order valence-electron chi connectivity index (χ4n) is 2.63. The third-order valence-corrected chi connectivity index (χ3v) is 4.99. The summed E-state index contributed by atoms with van der Waals surface area (Å²) >= 11 is 1.49. The number of thiazole rings is 1. The summed E-state index contributed by atoms with van der Waals surface area (Å²) in [6, 6.07) is 5.68. The number of nitrogens with zero attached hydrogens (tertiary/aromatic N) is 3. The fourth-order valence-corrected chi connectivity index (χ4v) is 3.61. The van der Waals surface area contributed by atoms with Crippen LogP contribution in [0.25, 0.3) is 21.1 Å². The van der Waals surface area contributed by atoms with E-state index in [1.54, 1.807) is 11.8 Å². The van der Waals surface area contributed by atoms with Crippen LogP contribution in [0, 0.1) is 6.92 Å². The first-order valence-corrected chi connectivity index (χ1v) is 8.61. The quantitative estimate of drug-likeness (QED) is 0.697. The van der Waals surface area contributed by atoms with Crippen LogP contribution in [0.1, 0.15) is 12.0 Å². The molecule has 0 aliphatic carbocycles. The second kappa shape index (κ2) is 6.70. The second-order valence-corrected chi connectivity index (χ2v) is 7.12. The number of hydrogen-bond donors (Lipinski definition) is 1. The van der Waals surface area contributed by atoms with Crippen LogP contribution in [0.4, 0.5) is 5.13 Å². The van der Waals surface area contributed by atoms with Crippen LogP contribution in [0.5, 0.6) is 0 Å². The Hall–Kier alpha value is -2.25. The van der Waals surface area contributed by atoms with E-state index in [9.17, 15) is 9.59 Å². The van der Waals surface area contributed by atoms with Gasteiger partial charge in [0.1, 0.15) is 0 Å². The molecule has 3 aromatic rings. The number of carbonyl (C=O) groups excluding carboxylic acids is 1. The van der Waals surface area contributed by atoms with Crippen LogP contribution in [0.3, 0.4) is 0 Å². The molecule has 0 saturated carbocycles. The Labute approximate surface area is 143 Å². The molecule has 0 spiro atoms. The lowest BCUT2D eigenvalue weighted by atomic mass is 10.1. The van der Waals surface area contributed by atoms with E-state index < -0.39 is 0 Å². The minimum atomic E-state index is -0.0875. The lowest BCUT2D eigenvalue weighted by Gasteiger charge is -2.15. The summed E-state index contributed by atoms with van der Waals surface area (Å²) in [7, 11) is 4.02. The van der Waals surface area contributed by atoms with Crippen molar-refractivity contribution in [3.63, 3.8) is 0 Å². The number of fused-ring (bicyclic) bond motifs is 3. The van der Waals surface area contributed by atoms with Crippen LogP contribution < -0.4 is 10.5 Å². The van der Waals surface area contributed by atoms with E-state index in [2.05, 4.69) is 14.9 Å². The highest BCUT2D eigenvalue weighted by atomic mass is 32.1. The highest BCUT2D eigenvalue weighted by molar-refractivity contribution is 7.22. The SMILES string of the molecule is Cc1cc2c(ccc3sc(N(C=O)CCCN(C)C)nc32)[nH]c1=O. The lowest BCUT2D eigenvalue weighted by molar-refractivity contribution is -0.107. The molecule has 3 rings (SSSR count). The molecular formula is C17H20N4O2S. The van der Waals surface area contributed by atoms with Crippen LogP contribution in [-0.2, 0) is 4.79 Å². The molecule has 0 radical (unpaired) electrons. The van der Waals surface area contributed by atoms with E-state index in [1.807, 2.05) is 32.3 Å². The maximum absolute atomic E-state index is 11.8. The normalized spacial score (nSPS) is 11.5. The van der Waals surface area contributed by atoms with Gasteiger partial charge in [0.2, 0.25) is 6.41 Å². The number of benzene rings is 1. The number of aromatic nitrogens is 2. The Morgan fingerprint density at radius 1 is 1.29 bits per heavy atom. The number of aromatic amines is 1. The van der Waals surface area contributed by atoms with E-state index in [1.165, 1.54) is 11.3 Å². The first-order chi connectivity index (χ1) is 11.5. The Kier molecular flexibility index (Phi) is 4.64. The number of amides is 1. The minimum absolute atomic E-state index is 0.0875. The topological polar surface area (TPSA) is 69.3 Å². The molecule has 0 unspecified atom stereocenters. The van der Waals surface area contributed by atoms with Crippen LogP contribution in [0.2, 0.25) is 0 Å². The van der Waals surface area contributed by atoms with Crippen LogP contribution in [-0.4, -0.2) is 48.5 Å². The predicted molar refractivity (Wildman–Crippen MR) is 99.1 cm³/mol. The fraction of sp³-hybridized carbons (Fsp3) is 0.353. The molecule has 2 heterocycles. The molecule has 0 saturated heterocycles. The number of pyridine rings is 1. The number of carbonyl (C=O) groups is 1. The zero-order chi connectivity index (χ0) is 17.3. The summed E-state index contributed by atoms with van der Waals surface area (Å²) in [5, 5.41) is 1.60. The Morgan fingerprint density at radius 2 is 2.08 bits per heavy atom. The zero-order valence-electron chi connectivity index (χ0n) is 14.0. The summed E-state index contributed by atoms with van der Waals surface area (Å²) in [4.78, 5) is 34.5. The van der Waals surface area contributed by atoms with Gasteiger partial charge in [-0.25, -0.2) is 4.98 Å². The van der Waals surface area contributed by atoms with Gasteiger partial charge in [-0.3, -0.25) is 14.5 Å². The molecule has 126 valence electrons. The van der Waals surface area contributed by atoms with Crippen molar-refractivity contribution in [2.75, 3.05) is 32.1 Å². The van der Waals surface area contributed by atoms with Crippen molar-refractivity contribution in [3.05, 3.63) is 34.1 Å². The predicted octanol–water partition coefficient (Wildman–Crippen LogP) is 2.36. The molecule has 0 fully saturated rings. The number of H-pyrrole nitrogens is 1. The number of aryl methyl sites for hydroxylation is 1. The standard InChI is InChI=1S/C17H20N4O2S/c1-11-9-12-13(18-16(11)23)5-6-14-15(12)19-17(24-14)21(10-22)8-4-7-20(2)3/h5-6,9-10H,4,7-8H2,1-3H3,(H,18,23). The van der Waals surface area contributed by atoms with Crippen molar-refractivity contribution in [3.8, 4) is 0 Å². The molecule has 0 atom stereocenters. The highest BCUT2D eigenvalue weighted by Crippen LogP contribution is 2.32. The van der Waals surface area contributed by atoms with Crippen molar-refractivity contribution < 1.29 is 4.79 Å². The maximum Gasteiger partial charge on any atom is 0.251 e. The van der Waals surface area contributed by atoms with Gasteiger partial charge >= 0.3 is 0 Å². The Bertz CT molecular complexity index is 945. The third-order valence-electron chi connectivity index (χ3n) is 3.93. The molecule has 1 aromatic carbocycles. The molecule has 0 aliphatic heterocycles. The van der Waals surface area contributed by atoms with Gasteiger partial charge < -0.3 is 9.88 Å². The number of hydrogen-bond acceptors (Lipinski definition) is 5. The van der Waals surface area contributed by atoms with E-state index in [0.29, 0.717) is 17.2 Å². The van der Waals surface area contributed by atoms with Gasteiger partial charge in [0.25, 0.3) is 5.56 Å². The molecule has 2 aromatic heterocycles. The van der Waals surface area contributed by atoms with Crippen molar-refractivity contribution in [1.29, 1.82) is 0 Å². The molecule has 6 nitrogen and oxygen atoms in total. The van der Waals surface area contributed by atoms with Crippen LogP contribution >= 0.6 is 11.3 Å². The van der Waals surface area contributed by atoms with Gasteiger partial charge in [-0.2, -0.15) is 0 Å². The lowest BCUT2D eigenvalue weighted by Crippen LogP contribution is -2.25. The van der Waals surface area contributed by atoms with Crippen molar-refractivity contribution >= 4 is 44.0 Å². The maximum atomic E-state index is 11.8. The Balaban J connectivity index is 2.00.